The lowest BCUT2D eigenvalue weighted by molar-refractivity contribution is -0.137. The number of hydrogen-bond acceptors (Lipinski definition) is 5. The summed E-state index contributed by atoms with van der Waals surface area (Å²) in [7, 11) is 0. The van der Waals surface area contributed by atoms with E-state index in [1.165, 1.54) is 10.6 Å². The van der Waals surface area contributed by atoms with Crippen LogP contribution in [-0.4, -0.2) is 27.3 Å². The summed E-state index contributed by atoms with van der Waals surface area (Å²) in [5, 5.41) is 10.00. The zero-order chi connectivity index (χ0) is 23.2. The van der Waals surface area contributed by atoms with E-state index in [9.17, 15) is 24.3 Å². The van der Waals surface area contributed by atoms with Gasteiger partial charge in [-0.25, -0.2) is 9.59 Å². The first-order chi connectivity index (χ1) is 15.2. The maximum Gasteiger partial charge on any atom is 0.419 e. The van der Waals surface area contributed by atoms with Crippen LogP contribution in [0.25, 0.3) is 11.1 Å². The number of carbonyl (C=O) groups is 3. The van der Waals surface area contributed by atoms with E-state index in [1.54, 1.807) is 37.3 Å². The van der Waals surface area contributed by atoms with E-state index in [-0.39, 0.29) is 27.7 Å². The number of amides is 1. The molecule has 0 saturated heterocycles. The number of nitrogens with zero attached hydrogens (tertiary/aromatic N) is 2. The van der Waals surface area contributed by atoms with E-state index in [0.717, 1.165) is 11.1 Å². The molecule has 0 saturated carbocycles. The van der Waals surface area contributed by atoms with E-state index >= 15 is 0 Å². The molecule has 2 heterocycles. The lowest BCUT2D eigenvalue weighted by Gasteiger charge is -2.29. The number of benzene rings is 2. The van der Waals surface area contributed by atoms with Crippen LogP contribution in [0.1, 0.15) is 12.5 Å². The van der Waals surface area contributed by atoms with Gasteiger partial charge in [0.2, 0.25) is 5.91 Å². The van der Waals surface area contributed by atoms with E-state index < -0.39 is 34.9 Å². The summed E-state index contributed by atoms with van der Waals surface area (Å²) in [5.74, 6) is -4.77. The Morgan fingerprint density at radius 3 is 2.59 bits per heavy atom. The molecule has 1 N–H and O–H groups in total. The zero-order valence-corrected chi connectivity index (χ0v) is 18.2. The third-order valence-corrected chi connectivity index (χ3v) is 6.17. The van der Waals surface area contributed by atoms with E-state index in [4.69, 9.17) is 27.6 Å². The molecule has 1 atom stereocenters. The Labute approximate surface area is 191 Å². The zero-order valence-electron chi connectivity index (χ0n) is 16.7. The summed E-state index contributed by atoms with van der Waals surface area (Å²) in [6, 6.07) is 9.41. The molecule has 1 unspecified atom stereocenters. The van der Waals surface area contributed by atoms with Crippen LogP contribution in [-0.2, 0) is 27.3 Å². The van der Waals surface area contributed by atoms with Crippen molar-refractivity contribution in [2.75, 3.05) is 4.90 Å². The molecule has 1 amide bonds. The largest absolute Gasteiger partial charge is 0.478 e. The summed E-state index contributed by atoms with van der Waals surface area (Å²) in [6.07, 6.45) is 0.862. The molecule has 10 heteroatoms. The van der Waals surface area contributed by atoms with Gasteiger partial charge < -0.3 is 9.52 Å². The second kappa shape index (κ2) is 8.29. The van der Waals surface area contributed by atoms with Crippen LogP contribution >= 0.6 is 23.2 Å². The molecule has 1 aliphatic rings. The molecule has 0 radical (unpaired) electrons. The van der Waals surface area contributed by atoms with Crippen molar-refractivity contribution in [3.05, 3.63) is 74.3 Å². The van der Waals surface area contributed by atoms with Gasteiger partial charge in [-0.3, -0.25) is 19.1 Å². The smallest absolute Gasteiger partial charge is 0.419 e. The number of halogens is 2. The van der Waals surface area contributed by atoms with Crippen molar-refractivity contribution in [1.29, 1.82) is 0 Å². The molecule has 4 rings (SSSR count). The highest BCUT2D eigenvalue weighted by Crippen LogP contribution is 2.32. The van der Waals surface area contributed by atoms with E-state index in [2.05, 4.69) is 0 Å². The van der Waals surface area contributed by atoms with E-state index in [1.807, 2.05) is 0 Å². The summed E-state index contributed by atoms with van der Waals surface area (Å²) in [6.45, 7) is 2.19. The van der Waals surface area contributed by atoms with Crippen LogP contribution in [0.4, 0.5) is 5.69 Å². The first kappa shape index (κ1) is 21.9. The maximum atomic E-state index is 13.3. The summed E-state index contributed by atoms with van der Waals surface area (Å²) in [4.78, 5) is 50.9. The average molecular weight is 475 g/mol. The van der Waals surface area contributed by atoms with Crippen LogP contribution < -0.4 is 10.7 Å². The number of carboxylic acids is 1. The van der Waals surface area contributed by atoms with Gasteiger partial charge in [0.1, 0.15) is 11.5 Å². The van der Waals surface area contributed by atoms with Crippen molar-refractivity contribution in [2.24, 2.45) is 5.92 Å². The van der Waals surface area contributed by atoms with Crippen molar-refractivity contribution >= 4 is 57.6 Å². The first-order valence-corrected chi connectivity index (χ1v) is 10.4. The molecule has 0 aliphatic carbocycles. The Bertz CT molecular complexity index is 1370. The Balaban J connectivity index is 1.79. The number of carboxylic acid groups (broad SMARTS) is 1. The molecule has 164 valence electrons. The van der Waals surface area contributed by atoms with Crippen molar-refractivity contribution in [1.82, 2.24) is 4.57 Å². The average Bonchev–Trinajstić information content (AvgIpc) is 3.07. The SMILES string of the molecule is CCn1c(=O)oc2cc(N3C=C(C(=O)O)C(=O)C(Cc4cccc(Cl)c4Cl)C3=O)ccc21. The number of aliphatic carboxylic acids is 1. The second-order valence-corrected chi connectivity index (χ2v) is 7.94. The Hall–Kier alpha value is -3.36. The summed E-state index contributed by atoms with van der Waals surface area (Å²) in [5.41, 5.74) is 0.928. The number of fused-ring (bicyclic) bond motifs is 1. The van der Waals surface area contributed by atoms with Gasteiger partial charge in [-0.05, 0) is 37.1 Å². The molecule has 32 heavy (non-hydrogen) atoms. The number of aromatic nitrogens is 1. The topological polar surface area (TPSA) is 110 Å². The number of Topliss-reactive ketones (excluding diaryl/α,β-unsaturated/α-hetero) is 1. The highest BCUT2D eigenvalue weighted by molar-refractivity contribution is 6.42. The Morgan fingerprint density at radius 1 is 1.16 bits per heavy atom. The number of rotatable bonds is 5. The van der Waals surface area contributed by atoms with Crippen molar-refractivity contribution in [3.8, 4) is 0 Å². The number of ketones is 1. The van der Waals surface area contributed by atoms with Gasteiger partial charge in [-0.2, -0.15) is 0 Å². The van der Waals surface area contributed by atoms with Crippen molar-refractivity contribution < 1.29 is 23.9 Å². The highest BCUT2D eigenvalue weighted by Gasteiger charge is 2.40. The number of carbonyl (C=O) groups excluding carboxylic acids is 2. The monoisotopic (exact) mass is 474 g/mol. The Kier molecular flexibility index (Phi) is 5.66. The molecular weight excluding hydrogens is 459 g/mol. The first-order valence-electron chi connectivity index (χ1n) is 9.61. The minimum atomic E-state index is -1.46. The second-order valence-electron chi connectivity index (χ2n) is 7.15. The fourth-order valence-corrected chi connectivity index (χ4v) is 4.09. The minimum absolute atomic E-state index is 0.123. The lowest BCUT2D eigenvalue weighted by atomic mass is 9.87. The predicted octanol–water partition coefficient (Wildman–Crippen LogP) is 3.66. The number of anilines is 1. The van der Waals surface area contributed by atoms with Gasteiger partial charge in [-0.1, -0.05) is 35.3 Å². The van der Waals surface area contributed by atoms with Gasteiger partial charge >= 0.3 is 11.7 Å². The van der Waals surface area contributed by atoms with Gasteiger partial charge in [0, 0.05) is 18.8 Å². The third-order valence-electron chi connectivity index (χ3n) is 5.31. The fourth-order valence-electron chi connectivity index (χ4n) is 3.70. The van der Waals surface area contributed by atoms with Crippen LogP contribution in [0.15, 0.2) is 57.4 Å². The standard InChI is InChI=1S/C22H16Cl2N2O6/c1-2-25-16-7-6-12(9-17(16)32-22(25)31)26-10-14(21(29)30)19(27)13(20(26)28)8-11-4-3-5-15(23)18(11)24/h3-7,9-10,13H,2,8H2,1H3,(H,29,30). The number of hydrogen-bond donors (Lipinski definition) is 1. The molecule has 0 fully saturated rings. The van der Waals surface area contributed by atoms with Gasteiger partial charge in [0.15, 0.2) is 11.4 Å². The fraction of sp³-hybridized carbons (Fsp3) is 0.182. The molecule has 1 aliphatic heterocycles. The van der Waals surface area contributed by atoms with Crippen LogP contribution in [0, 0.1) is 5.92 Å². The van der Waals surface area contributed by atoms with Crippen molar-refractivity contribution in [2.45, 2.75) is 19.9 Å². The Morgan fingerprint density at radius 2 is 1.91 bits per heavy atom. The van der Waals surface area contributed by atoms with Crippen molar-refractivity contribution in [3.63, 3.8) is 0 Å². The third kappa shape index (κ3) is 3.61. The lowest BCUT2D eigenvalue weighted by Crippen LogP contribution is -2.44. The van der Waals surface area contributed by atoms with Gasteiger partial charge in [0.05, 0.1) is 21.2 Å². The number of aryl methyl sites for hydroxylation is 1. The normalized spacial score (nSPS) is 16.5. The van der Waals surface area contributed by atoms with Crippen LogP contribution in [0.2, 0.25) is 10.0 Å². The quantitative estimate of drug-likeness (QED) is 0.446. The molecule has 3 aromatic rings. The molecule has 1 aromatic heterocycles. The molecular formula is C22H16Cl2N2O6. The predicted molar refractivity (Wildman–Crippen MR) is 118 cm³/mol. The van der Waals surface area contributed by atoms with Gasteiger partial charge in [-0.15, -0.1) is 0 Å². The molecule has 8 nitrogen and oxygen atoms in total. The summed E-state index contributed by atoms with van der Waals surface area (Å²) < 4.78 is 6.66. The highest BCUT2D eigenvalue weighted by atomic mass is 35.5. The summed E-state index contributed by atoms with van der Waals surface area (Å²) >= 11 is 12.2. The molecule has 2 aromatic carbocycles. The van der Waals surface area contributed by atoms with E-state index in [0.29, 0.717) is 17.6 Å². The number of oxazole rings is 1. The molecule has 0 bridgehead atoms. The minimum Gasteiger partial charge on any atom is -0.478 e. The van der Waals surface area contributed by atoms with Crippen LogP contribution in [0.3, 0.4) is 0 Å². The van der Waals surface area contributed by atoms with Crippen LogP contribution in [0.5, 0.6) is 0 Å². The maximum absolute atomic E-state index is 13.3. The van der Waals surface area contributed by atoms with Gasteiger partial charge in [0.25, 0.3) is 0 Å². The molecule has 0 spiro atoms.